The van der Waals surface area contributed by atoms with Crippen LogP contribution in [0, 0.1) is 0 Å². The van der Waals surface area contributed by atoms with Crippen LogP contribution in [0.25, 0.3) is 0 Å². The summed E-state index contributed by atoms with van der Waals surface area (Å²) in [6, 6.07) is 9.51. The maximum absolute atomic E-state index is 12.5. The molecule has 0 atom stereocenters. The van der Waals surface area contributed by atoms with Crippen molar-refractivity contribution < 1.29 is 4.79 Å². The van der Waals surface area contributed by atoms with Gasteiger partial charge in [-0.15, -0.1) is 0 Å². The highest BCUT2D eigenvalue weighted by Crippen LogP contribution is 2.28. The minimum atomic E-state index is -0.131. The Balaban J connectivity index is 1.83. The summed E-state index contributed by atoms with van der Waals surface area (Å²) in [5.41, 5.74) is 4.88. The first-order valence-electron chi connectivity index (χ1n) is 7.70. The molecule has 0 spiro atoms. The van der Waals surface area contributed by atoms with Crippen LogP contribution in [-0.4, -0.2) is 12.5 Å². The Morgan fingerprint density at radius 3 is 2.91 bits per heavy atom. The normalized spacial score (nSPS) is 13.5. The Kier molecular flexibility index (Phi) is 5.05. The van der Waals surface area contributed by atoms with Crippen LogP contribution in [-0.2, 0) is 19.4 Å². The number of hydrogen-bond donors (Lipinski definition) is 2. The lowest BCUT2D eigenvalue weighted by Gasteiger charge is -2.19. The molecule has 2 aromatic rings. The molecule has 0 saturated carbocycles. The smallest absolute Gasteiger partial charge is 0.255 e. The van der Waals surface area contributed by atoms with Gasteiger partial charge >= 0.3 is 0 Å². The number of amides is 1. The van der Waals surface area contributed by atoms with Crippen molar-refractivity contribution in [2.75, 3.05) is 11.9 Å². The number of benzene rings is 2. The van der Waals surface area contributed by atoms with Crippen molar-refractivity contribution in [2.45, 2.75) is 26.3 Å². The second-order valence-corrected chi connectivity index (χ2v) is 6.90. The summed E-state index contributed by atoms with van der Waals surface area (Å²) >= 11 is 9.87. The third kappa shape index (κ3) is 3.60. The van der Waals surface area contributed by atoms with Gasteiger partial charge in [0.1, 0.15) is 0 Å². The van der Waals surface area contributed by atoms with Gasteiger partial charge in [-0.3, -0.25) is 4.79 Å². The van der Waals surface area contributed by atoms with E-state index in [1.165, 1.54) is 11.1 Å². The molecule has 0 unspecified atom stereocenters. The lowest BCUT2D eigenvalue weighted by molar-refractivity contribution is 0.102. The molecule has 3 rings (SSSR count). The third-order valence-electron chi connectivity index (χ3n) is 4.11. The van der Waals surface area contributed by atoms with E-state index in [4.69, 9.17) is 11.6 Å². The molecule has 0 radical (unpaired) electrons. The quantitative estimate of drug-likeness (QED) is 0.802. The number of aryl methyl sites for hydroxylation is 1. The third-order valence-corrected chi connectivity index (χ3v) is 5.18. The Hall–Kier alpha value is -1.36. The second kappa shape index (κ2) is 7.04. The van der Waals surface area contributed by atoms with Crippen LogP contribution in [0.15, 0.2) is 34.8 Å². The highest BCUT2D eigenvalue weighted by Gasteiger charge is 2.15. The summed E-state index contributed by atoms with van der Waals surface area (Å²) < 4.78 is 0.959. The first-order valence-corrected chi connectivity index (χ1v) is 8.87. The number of rotatable bonds is 3. The lowest BCUT2D eigenvalue weighted by atomic mass is 10.00. The predicted octanol–water partition coefficient (Wildman–Crippen LogP) is 4.56. The fourth-order valence-corrected chi connectivity index (χ4v) is 3.81. The van der Waals surface area contributed by atoms with Crippen LogP contribution in [0.3, 0.4) is 0 Å². The molecule has 0 saturated heterocycles. The topological polar surface area (TPSA) is 41.1 Å². The van der Waals surface area contributed by atoms with E-state index in [1.807, 2.05) is 30.3 Å². The van der Waals surface area contributed by atoms with Gasteiger partial charge in [-0.1, -0.05) is 40.5 Å². The molecular weight excluding hydrogens is 376 g/mol. The van der Waals surface area contributed by atoms with E-state index in [1.54, 1.807) is 0 Å². The molecule has 1 amide bonds. The maximum Gasteiger partial charge on any atom is 0.255 e. The van der Waals surface area contributed by atoms with Gasteiger partial charge < -0.3 is 10.6 Å². The van der Waals surface area contributed by atoms with Gasteiger partial charge in [-0.05, 0) is 60.3 Å². The first kappa shape index (κ1) is 16.5. The number of halogens is 2. The van der Waals surface area contributed by atoms with Crippen LogP contribution in [0.1, 0.15) is 34.0 Å². The first-order chi connectivity index (χ1) is 11.1. The molecule has 1 aliphatic rings. The average molecular weight is 394 g/mol. The Labute approximate surface area is 149 Å². The molecule has 0 aromatic heterocycles. The molecular formula is C18H18BrClN2O. The Morgan fingerprint density at radius 1 is 1.35 bits per heavy atom. The molecule has 3 nitrogen and oxygen atoms in total. The molecule has 1 aliphatic heterocycles. The summed E-state index contributed by atoms with van der Waals surface area (Å²) in [7, 11) is 0. The van der Waals surface area contributed by atoms with Crippen molar-refractivity contribution in [3.8, 4) is 0 Å². The zero-order valence-corrected chi connectivity index (χ0v) is 15.2. The predicted molar refractivity (Wildman–Crippen MR) is 98.3 cm³/mol. The van der Waals surface area contributed by atoms with Gasteiger partial charge in [0.2, 0.25) is 0 Å². The van der Waals surface area contributed by atoms with Gasteiger partial charge in [-0.2, -0.15) is 0 Å². The maximum atomic E-state index is 12.5. The molecule has 23 heavy (non-hydrogen) atoms. The monoisotopic (exact) mass is 392 g/mol. The standard InChI is InChI=1S/C18H18BrClN2O/c1-2-11-3-4-12(8-16(11)19)18(23)22-14-7-13-10-21-6-5-15(13)17(20)9-14/h3-4,7-9,21H,2,5-6,10H2,1H3,(H,22,23). The van der Waals surface area contributed by atoms with Crippen molar-refractivity contribution in [1.82, 2.24) is 5.32 Å². The summed E-state index contributed by atoms with van der Waals surface area (Å²) in [5, 5.41) is 6.99. The fraction of sp³-hybridized carbons (Fsp3) is 0.278. The number of anilines is 1. The van der Waals surface area contributed by atoms with E-state index < -0.39 is 0 Å². The zero-order valence-electron chi connectivity index (χ0n) is 12.9. The van der Waals surface area contributed by atoms with Gasteiger partial charge in [0.05, 0.1) is 0 Å². The molecule has 0 fully saturated rings. The minimum absolute atomic E-state index is 0.131. The van der Waals surface area contributed by atoms with E-state index in [0.717, 1.165) is 46.7 Å². The number of nitrogens with one attached hydrogen (secondary N) is 2. The van der Waals surface area contributed by atoms with Crippen LogP contribution in [0.5, 0.6) is 0 Å². The average Bonchev–Trinajstić information content (AvgIpc) is 2.54. The van der Waals surface area contributed by atoms with Gasteiger partial charge in [0.25, 0.3) is 5.91 Å². The lowest BCUT2D eigenvalue weighted by Crippen LogP contribution is -2.24. The van der Waals surface area contributed by atoms with E-state index in [9.17, 15) is 4.79 Å². The van der Waals surface area contributed by atoms with E-state index in [0.29, 0.717) is 5.56 Å². The van der Waals surface area contributed by atoms with Gasteiger partial charge in [-0.25, -0.2) is 0 Å². The van der Waals surface area contributed by atoms with Crippen molar-refractivity contribution in [3.63, 3.8) is 0 Å². The van der Waals surface area contributed by atoms with E-state index in [2.05, 4.69) is 33.5 Å². The largest absolute Gasteiger partial charge is 0.322 e. The number of carbonyl (C=O) groups excluding carboxylic acids is 1. The number of carbonyl (C=O) groups is 1. The van der Waals surface area contributed by atoms with Crippen LogP contribution < -0.4 is 10.6 Å². The zero-order chi connectivity index (χ0) is 16.4. The second-order valence-electron chi connectivity index (χ2n) is 5.64. The molecule has 2 N–H and O–H groups in total. The highest BCUT2D eigenvalue weighted by molar-refractivity contribution is 9.10. The van der Waals surface area contributed by atoms with E-state index in [-0.39, 0.29) is 5.91 Å². The summed E-state index contributed by atoms with van der Waals surface area (Å²) in [6.07, 6.45) is 1.85. The van der Waals surface area contributed by atoms with Crippen molar-refractivity contribution in [1.29, 1.82) is 0 Å². The summed E-state index contributed by atoms with van der Waals surface area (Å²) in [4.78, 5) is 12.5. The fourth-order valence-electron chi connectivity index (χ4n) is 2.82. The molecule has 1 heterocycles. The van der Waals surface area contributed by atoms with Crippen LogP contribution >= 0.6 is 27.5 Å². The molecule has 0 bridgehead atoms. The molecule has 0 aliphatic carbocycles. The molecule has 120 valence electrons. The van der Waals surface area contributed by atoms with Gasteiger partial charge in [0.15, 0.2) is 0 Å². The Bertz CT molecular complexity index is 761. The Morgan fingerprint density at radius 2 is 2.17 bits per heavy atom. The van der Waals surface area contributed by atoms with Crippen LogP contribution in [0.2, 0.25) is 5.02 Å². The van der Waals surface area contributed by atoms with Crippen molar-refractivity contribution >= 4 is 39.1 Å². The number of hydrogen-bond acceptors (Lipinski definition) is 2. The van der Waals surface area contributed by atoms with Crippen LogP contribution in [0.4, 0.5) is 5.69 Å². The van der Waals surface area contributed by atoms with Crippen molar-refractivity contribution in [3.05, 3.63) is 62.1 Å². The summed E-state index contributed by atoms with van der Waals surface area (Å²) in [6.45, 7) is 3.81. The molecule has 2 aromatic carbocycles. The van der Waals surface area contributed by atoms with Gasteiger partial charge in [0, 0.05) is 27.3 Å². The summed E-state index contributed by atoms with van der Waals surface area (Å²) in [5.74, 6) is -0.131. The SMILES string of the molecule is CCc1ccc(C(=O)Nc2cc(Cl)c3c(c2)CNCC3)cc1Br. The minimum Gasteiger partial charge on any atom is -0.322 e. The van der Waals surface area contributed by atoms with E-state index >= 15 is 0 Å². The van der Waals surface area contributed by atoms with Crippen molar-refractivity contribution in [2.24, 2.45) is 0 Å². The highest BCUT2D eigenvalue weighted by atomic mass is 79.9. The molecule has 5 heteroatoms. The number of fused-ring (bicyclic) bond motifs is 1.